The molecule has 0 aliphatic rings. The Morgan fingerprint density at radius 2 is 1.92 bits per heavy atom. The lowest BCUT2D eigenvalue weighted by Crippen LogP contribution is -2.44. The lowest BCUT2D eigenvalue weighted by Gasteiger charge is -2.06. The summed E-state index contributed by atoms with van der Waals surface area (Å²) in [5, 5.41) is -1.55. The molecule has 0 rings (SSSR count). The van der Waals surface area contributed by atoms with E-state index in [1.54, 1.807) is 6.92 Å². The molecule has 5 nitrogen and oxygen atoms in total. The SMILES string of the molecule is CCCS(=O)(=O)C(N)C(N)=O.Cl. The maximum absolute atomic E-state index is 10.9. The van der Waals surface area contributed by atoms with Crippen LogP contribution in [-0.2, 0) is 14.6 Å². The second-order valence-electron chi connectivity index (χ2n) is 2.19. The van der Waals surface area contributed by atoms with E-state index in [4.69, 9.17) is 11.5 Å². The molecule has 0 saturated carbocycles. The van der Waals surface area contributed by atoms with Gasteiger partial charge in [-0.05, 0) is 6.42 Å². The Morgan fingerprint density at radius 1 is 1.50 bits per heavy atom. The first-order valence-electron chi connectivity index (χ1n) is 3.18. The molecule has 12 heavy (non-hydrogen) atoms. The molecule has 1 unspecified atom stereocenters. The quantitative estimate of drug-likeness (QED) is 0.629. The molecule has 0 fully saturated rings. The standard InChI is InChI=1S/C5H12N2O3S.ClH/c1-2-3-11(9,10)5(7)4(6)8;/h5H,2-3,7H2,1H3,(H2,6,8);1H. The molecule has 74 valence electrons. The van der Waals surface area contributed by atoms with Crippen molar-refractivity contribution in [2.75, 3.05) is 5.75 Å². The Balaban J connectivity index is 0. The van der Waals surface area contributed by atoms with Crippen LogP contribution in [0.2, 0.25) is 0 Å². The van der Waals surface area contributed by atoms with Crippen molar-refractivity contribution in [3.8, 4) is 0 Å². The van der Waals surface area contributed by atoms with Gasteiger partial charge in [-0.3, -0.25) is 4.79 Å². The second-order valence-corrected chi connectivity index (χ2v) is 4.43. The van der Waals surface area contributed by atoms with Crippen LogP contribution in [0.1, 0.15) is 13.3 Å². The average molecular weight is 217 g/mol. The summed E-state index contributed by atoms with van der Waals surface area (Å²) in [6.45, 7) is 1.69. The Labute approximate surface area is 77.8 Å². The highest BCUT2D eigenvalue weighted by Crippen LogP contribution is 1.97. The zero-order valence-electron chi connectivity index (χ0n) is 6.69. The Hall–Kier alpha value is -0.330. The molecule has 1 atom stereocenters. The molecule has 0 aromatic rings. The van der Waals surface area contributed by atoms with Crippen LogP contribution in [-0.4, -0.2) is 25.5 Å². The smallest absolute Gasteiger partial charge is 0.250 e. The number of nitrogens with two attached hydrogens (primary N) is 2. The summed E-state index contributed by atoms with van der Waals surface area (Å²) >= 11 is 0. The highest BCUT2D eigenvalue weighted by atomic mass is 35.5. The first-order chi connectivity index (χ1) is 4.91. The number of carbonyl (C=O) groups is 1. The molecule has 0 aliphatic carbocycles. The average Bonchev–Trinajstić information content (AvgIpc) is 1.86. The van der Waals surface area contributed by atoms with Crippen LogP contribution in [0.15, 0.2) is 0 Å². The van der Waals surface area contributed by atoms with Gasteiger partial charge in [0, 0.05) is 0 Å². The molecule has 4 N–H and O–H groups in total. The summed E-state index contributed by atoms with van der Waals surface area (Å²) in [5.41, 5.74) is 9.73. The lowest BCUT2D eigenvalue weighted by atomic mass is 10.6. The molecule has 0 aliphatic heterocycles. The van der Waals surface area contributed by atoms with Crippen molar-refractivity contribution in [2.24, 2.45) is 11.5 Å². The van der Waals surface area contributed by atoms with Gasteiger partial charge >= 0.3 is 0 Å². The number of hydrogen-bond donors (Lipinski definition) is 2. The van der Waals surface area contributed by atoms with Gasteiger partial charge in [-0.1, -0.05) is 6.92 Å². The molecule has 1 amide bonds. The van der Waals surface area contributed by atoms with Crippen LogP contribution < -0.4 is 11.5 Å². The fraction of sp³-hybridized carbons (Fsp3) is 0.800. The predicted octanol–water partition coefficient (Wildman–Crippen LogP) is -0.997. The van der Waals surface area contributed by atoms with Crippen LogP contribution in [0.25, 0.3) is 0 Å². The Bertz CT molecular complexity index is 239. The van der Waals surface area contributed by atoms with Gasteiger partial charge in [-0.2, -0.15) is 0 Å². The van der Waals surface area contributed by atoms with Crippen LogP contribution in [0.5, 0.6) is 0 Å². The van der Waals surface area contributed by atoms with E-state index in [2.05, 4.69) is 0 Å². The van der Waals surface area contributed by atoms with Crippen molar-refractivity contribution < 1.29 is 13.2 Å². The fourth-order valence-electron chi connectivity index (χ4n) is 0.588. The van der Waals surface area contributed by atoms with Crippen LogP contribution >= 0.6 is 12.4 Å². The molecule has 7 heteroatoms. The number of hydrogen-bond acceptors (Lipinski definition) is 4. The minimum absolute atomic E-state index is 0. The predicted molar refractivity (Wildman–Crippen MR) is 48.5 cm³/mol. The number of carbonyl (C=O) groups excluding carboxylic acids is 1. The van der Waals surface area contributed by atoms with E-state index in [1.807, 2.05) is 0 Å². The van der Waals surface area contributed by atoms with E-state index in [0.29, 0.717) is 6.42 Å². The molecular formula is C5H13ClN2O3S. The molecule has 0 spiro atoms. The van der Waals surface area contributed by atoms with Gasteiger partial charge in [-0.15, -0.1) is 12.4 Å². The van der Waals surface area contributed by atoms with Crippen molar-refractivity contribution in [2.45, 2.75) is 18.7 Å². The van der Waals surface area contributed by atoms with Crippen LogP contribution in [0.4, 0.5) is 0 Å². The summed E-state index contributed by atoms with van der Waals surface area (Å²) in [7, 11) is -3.51. The van der Waals surface area contributed by atoms with Gasteiger partial charge in [0.05, 0.1) is 5.75 Å². The Morgan fingerprint density at radius 3 is 2.17 bits per heavy atom. The largest absolute Gasteiger partial charge is 0.367 e. The fourth-order valence-corrected chi connectivity index (χ4v) is 1.77. The highest BCUT2D eigenvalue weighted by Gasteiger charge is 2.24. The molecule has 0 radical (unpaired) electrons. The van der Waals surface area contributed by atoms with E-state index in [9.17, 15) is 13.2 Å². The summed E-state index contributed by atoms with van der Waals surface area (Å²) in [4.78, 5) is 10.3. The van der Waals surface area contributed by atoms with Crippen molar-refractivity contribution in [1.82, 2.24) is 0 Å². The summed E-state index contributed by atoms with van der Waals surface area (Å²) in [6.07, 6.45) is 0.434. The molecule has 0 aromatic heterocycles. The number of halogens is 1. The normalized spacial score (nSPS) is 13.2. The number of rotatable bonds is 4. The summed E-state index contributed by atoms with van der Waals surface area (Å²) in [5.74, 6) is -1.10. The molecule has 0 aromatic carbocycles. The van der Waals surface area contributed by atoms with Crippen molar-refractivity contribution in [1.29, 1.82) is 0 Å². The number of primary amides is 1. The van der Waals surface area contributed by atoms with Crippen LogP contribution in [0.3, 0.4) is 0 Å². The van der Waals surface area contributed by atoms with Crippen molar-refractivity contribution in [3.63, 3.8) is 0 Å². The number of sulfone groups is 1. The molecular weight excluding hydrogens is 204 g/mol. The van der Waals surface area contributed by atoms with E-state index in [-0.39, 0.29) is 18.2 Å². The minimum atomic E-state index is -3.51. The minimum Gasteiger partial charge on any atom is -0.367 e. The molecule has 0 heterocycles. The van der Waals surface area contributed by atoms with Crippen LogP contribution in [0, 0.1) is 0 Å². The molecule has 0 bridgehead atoms. The second kappa shape index (κ2) is 5.34. The zero-order chi connectivity index (χ0) is 9.07. The third-order valence-electron chi connectivity index (χ3n) is 1.16. The zero-order valence-corrected chi connectivity index (χ0v) is 8.32. The highest BCUT2D eigenvalue weighted by molar-refractivity contribution is 7.92. The topological polar surface area (TPSA) is 103 Å². The summed E-state index contributed by atoms with van der Waals surface area (Å²) < 4.78 is 21.9. The van der Waals surface area contributed by atoms with Crippen molar-refractivity contribution in [3.05, 3.63) is 0 Å². The monoisotopic (exact) mass is 216 g/mol. The van der Waals surface area contributed by atoms with Gasteiger partial charge in [0.1, 0.15) is 0 Å². The van der Waals surface area contributed by atoms with E-state index in [0.717, 1.165) is 0 Å². The van der Waals surface area contributed by atoms with E-state index < -0.39 is 21.1 Å². The third kappa shape index (κ3) is 3.89. The number of amides is 1. The summed E-state index contributed by atoms with van der Waals surface area (Å²) in [6, 6.07) is 0. The molecule has 0 saturated heterocycles. The van der Waals surface area contributed by atoms with Gasteiger partial charge < -0.3 is 11.5 Å². The van der Waals surface area contributed by atoms with Gasteiger partial charge in [0.25, 0.3) is 0 Å². The van der Waals surface area contributed by atoms with Crippen molar-refractivity contribution >= 4 is 28.2 Å². The van der Waals surface area contributed by atoms with E-state index in [1.165, 1.54) is 0 Å². The van der Waals surface area contributed by atoms with E-state index >= 15 is 0 Å². The lowest BCUT2D eigenvalue weighted by molar-refractivity contribution is -0.117. The maximum atomic E-state index is 10.9. The van der Waals surface area contributed by atoms with Gasteiger partial charge in [-0.25, -0.2) is 8.42 Å². The first kappa shape index (κ1) is 14.2. The third-order valence-corrected chi connectivity index (χ3v) is 3.14. The maximum Gasteiger partial charge on any atom is 0.250 e. The Kier molecular flexibility index (Phi) is 6.32. The van der Waals surface area contributed by atoms with Gasteiger partial charge in [0.2, 0.25) is 5.91 Å². The first-order valence-corrected chi connectivity index (χ1v) is 4.90. The van der Waals surface area contributed by atoms with Gasteiger partial charge in [0.15, 0.2) is 15.2 Å².